The molecule has 2 heterocycles. The Hall–Kier alpha value is -2.95. The summed E-state index contributed by atoms with van der Waals surface area (Å²) in [5.74, 6) is 0.0818. The first-order valence-corrected chi connectivity index (χ1v) is 8.24. The van der Waals surface area contributed by atoms with Gasteiger partial charge in [0.05, 0.1) is 11.9 Å². The van der Waals surface area contributed by atoms with Crippen LogP contribution in [-0.4, -0.2) is 15.7 Å². The monoisotopic (exact) mass is 335 g/mol. The number of amides is 1. The highest BCUT2D eigenvalue weighted by atomic mass is 19.1. The smallest absolute Gasteiger partial charge is 0.226 e. The van der Waals surface area contributed by atoms with Crippen LogP contribution in [0.5, 0.6) is 0 Å². The van der Waals surface area contributed by atoms with Crippen molar-refractivity contribution in [3.05, 3.63) is 76.7 Å². The first kappa shape index (κ1) is 15.6. The SMILES string of the molecule is Cc1cccc(-n2ncc3c2NC(=O)CC3c2cccc(F)c2)c1C. The van der Waals surface area contributed by atoms with Crippen LogP contribution >= 0.6 is 0 Å². The molecule has 0 saturated heterocycles. The number of carbonyl (C=O) groups is 1. The number of carbonyl (C=O) groups excluding carboxylic acids is 1. The fourth-order valence-electron chi connectivity index (χ4n) is 3.39. The third-order valence-electron chi connectivity index (χ3n) is 4.88. The van der Waals surface area contributed by atoms with E-state index in [-0.39, 0.29) is 24.1 Å². The van der Waals surface area contributed by atoms with Crippen molar-refractivity contribution in [2.75, 3.05) is 5.32 Å². The van der Waals surface area contributed by atoms with Gasteiger partial charge in [0, 0.05) is 17.9 Å². The Morgan fingerprint density at radius 2 is 2.00 bits per heavy atom. The van der Waals surface area contributed by atoms with Gasteiger partial charge >= 0.3 is 0 Å². The highest BCUT2D eigenvalue weighted by molar-refractivity contribution is 5.94. The summed E-state index contributed by atoms with van der Waals surface area (Å²) in [4.78, 5) is 12.3. The number of fused-ring (bicyclic) bond motifs is 1. The maximum atomic E-state index is 13.6. The molecule has 0 radical (unpaired) electrons. The van der Waals surface area contributed by atoms with Crippen LogP contribution in [0.2, 0.25) is 0 Å². The molecule has 1 unspecified atom stereocenters. The lowest BCUT2D eigenvalue weighted by Gasteiger charge is -2.24. The van der Waals surface area contributed by atoms with Gasteiger partial charge in [-0.15, -0.1) is 0 Å². The second-order valence-corrected chi connectivity index (χ2v) is 6.44. The molecule has 1 N–H and O–H groups in total. The van der Waals surface area contributed by atoms with Gasteiger partial charge in [0.25, 0.3) is 0 Å². The van der Waals surface area contributed by atoms with E-state index in [1.54, 1.807) is 16.9 Å². The molecule has 0 aliphatic carbocycles. The van der Waals surface area contributed by atoms with Crippen LogP contribution in [0.25, 0.3) is 5.69 Å². The summed E-state index contributed by atoms with van der Waals surface area (Å²) in [6.45, 7) is 4.08. The molecule has 1 aliphatic heterocycles. The average Bonchev–Trinajstić information content (AvgIpc) is 3.00. The summed E-state index contributed by atoms with van der Waals surface area (Å²) in [7, 11) is 0. The van der Waals surface area contributed by atoms with Crippen molar-refractivity contribution in [1.82, 2.24) is 9.78 Å². The van der Waals surface area contributed by atoms with Crippen molar-refractivity contribution in [3.63, 3.8) is 0 Å². The second-order valence-electron chi connectivity index (χ2n) is 6.44. The van der Waals surface area contributed by atoms with Crippen LogP contribution in [0.1, 0.15) is 34.6 Å². The third kappa shape index (κ3) is 2.61. The zero-order valence-electron chi connectivity index (χ0n) is 14.1. The van der Waals surface area contributed by atoms with E-state index in [1.807, 2.05) is 38.1 Å². The molecule has 3 aromatic rings. The number of aromatic nitrogens is 2. The molecule has 1 atom stereocenters. The Balaban J connectivity index is 1.86. The van der Waals surface area contributed by atoms with Crippen LogP contribution in [0.3, 0.4) is 0 Å². The number of nitrogens with zero attached hydrogens (tertiary/aromatic N) is 2. The normalized spacial score (nSPS) is 16.4. The van der Waals surface area contributed by atoms with Gasteiger partial charge in [-0.2, -0.15) is 5.10 Å². The second kappa shape index (κ2) is 5.84. The Bertz CT molecular complexity index is 977. The molecule has 0 spiro atoms. The van der Waals surface area contributed by atoms with Crippen molar-refractivity contribution in [1.29, 1.82) is 0 Å². The molecule has 25 heavy (non-hydrogen) atoms. The maximum absolute atomic E-state index is 13.6. The first-order valence-electron chi connectivity index (χ1n) is 8.24. The number of hydrogen-bond donors (Lipinski definition) is 1. The van der Waals surface area contributed by atoms with Gasteiger partial charge in [-0.25, -0.2) is 9.07 Å². The van der Waals surface area contributed by atoms with E-state index in [0.29, 0.717) is 5.82 Å². The highest BCUT2D eigenvalue weighted by Crippen LogP contribution is 2.38. The number of nitrogens with one attached hydrogen (secondary N) is 1. The van der Waals surface area contributed by atoms with E-state index in [4.69, 9.17) is 0 Å². The molecule has 1 aliphatic rings. The number of halogens is 1. The van der Waals surface area contributed by atoms with E-state index < -0.39 is 0 Å². The van der Waals surface area contributed by atoms with Crippen molar-refractivity contribution in [3.8, 4) is 5.69 Å². The summed E-state index contributed by atoms with van der Waals surface area (Å²) in [5, 5.41) is 7.45. The molecule has 2 aromatic carbocycles. The van der Waals surface area contributed by atoms with E-state index >= 15 is 0 Å². The summed E-state index contributed by atoms with van der Waals surface area (Å²) >= 11 is 0. The van der Waals surface area contributed by atoms with Gasteiger partial charge in [-0.3, -0.25) is 4.79 Å². The van der Waals surface area contributed by atoms with Crippen LogP contribution in [-0.2, 0) is 4.79 Å². The predicted molar refractivity (Wildman–Crippen MR) is 94.5 cm³/mol. The molecule has 5 heteroatoms. The first-order chi connectivity index (χ1) is 12.0. The molecule has 1 aromatic heterocycles. The van der Waals surface area contributed by atoms with Gasteiger partial charge in [0.15, 0.2) is 0 Å². The third-order valence-corrected chi connectivity index (χ3v) is 4.88. The lowest BCUT2D eigenvalue weighted by atomic mass is 9.87. The summed E-state index contributed by atoms with van der Waals surface area (Å²) in [5.41, 5.74) is 4.89. The summed E-state index contributed by atoms with van der Waals surface area (Å²) in [6, 6.07) is 12.4. The number of aryl methyl sites for hydroxylation is 1. The average molecular weight is 335 g/mol. The van der Waals surface area contributed by atoms with Gasteiger partial charge in [0.1, 0.15) is 11.6 Å². The lowest BCUT2D eigenvalue weighted by Crippen LogP contribution is -2.24. The Morgan fingerprint density at radius 1 is 1.20 bits per heavy atom. The van der Waals surface area contributed by atoms with E-state index in [9.17, 15) is 9.18 Å². The van der Waals surface area contributed by atoms with Crippen LogP contribution in [0, 0.1) is 19.7 Å². The molecule has 0 bridgehead atoms. The highest BCUT2D eigenvalue weighted by Gasteiger charge is 2.30. The summed E-state index contributed by atoms with van der Waals surface area (Å²) < 4.78 is 15.4. The molecule has 1 amide bonds. The van der Waals surface area contributed by atoms with Crippen molar-refractivity contribution < 1.29 is 9.18 Å². The van der Waals surface area contributed by atoms with Crippen LogP contribution in [0.4, 0.5) is 10.2 Å². The largest absolute Gasteiger partial charge is 0.310 e. The number of benzene rings is 2. The minimum absolute atomic E-state index is 0.0891. The number of hydrogen-bond acceptors (Lipinski definition) is 2. The molecule has 0 saturated carbocycles. The zero-order chi connectivity index (χ0) is 17.6. The van der Waals surface area contributed by atoms with E-state index in [0.717, 1.165) is 27.9 Å². The Labute approximate surface area is 145 Å². The van der Waals surface area contributed by atoms with E-state index in [1.165, 1.54) is 12.1 Å². The lowest BCUT2D eigenvalue weighted by molar-refractivity contribution is -0.116. The van der Waals surface area contributed by atoms with Crippen molar-refractivity contribution >= 4 is 11.7 Å². The standard InChI is InChI=1S/C20H18FN3O/c1-12-5-3-8-18(13(12)2)24-20-17(11-22-24)16(10-19(25)23-20)14-6-4-7-15(21)9-14/h3-9,11,16H,10H2,1-2H3,(H,23,25). The van der Waals surface area contributed by atoms with Gasteiger partial charge < -0.3 is 5.32 Å². The summed E-state index contributed by atoms with van der Waals surface area (Å²) in [6.07, 6.45) is 2.06. The Morgan fingerprint density at radius 3 is 2.80 bits per heavy atom. The fourth-order valence-corrected chi connectivity index (χ4v) is 3.39. The van der Waals surface area contributed by atoms with E-state index in [2.05, 4.69) is 10.4 Å². The Kier molecular flexibility index (Phi) is 3.64. The zero-order valence-corrected chi connectivity index (χ0v) is 14.1. The predicted octanol–water partition coefficient (Wildman–Crippen LogP) is 4.10. The van der Waals surface area contributed by atoms with Crippen LogP contribution in [0.15, 0.2) is 48.7 Å². The molecular weight excluding hydrogens is 317 g/mol. The minimum Gasteiger partial charge on any atom is -0.310 e. The minimum atomic E-state index is -0.299. The number of rotatable bonds is 2. The molecule has 4 rings (SSSR count). The topological polar surface area (TPSA) is 46.9 Å². The fraction of sp³-hybridized carbons (Fsp3) is 0.200. The maximum Gasteiger partial charge on any atom is 0.226 e. The van der Waals surface area contributed by atoms with Crippen LogP contribution < -0.4 is 5.32 Å². The van der Waals surface area contributed by atoms with Gasteiger partial charge in [-0.1, -0.05) is 24.3 Å². The van der Waals surface area contributed by atoms with Crippen molar-refractivity contribution in [2.45, 2.75) is 26.2 Å². The quantitative estimate of drug-likeness (QED) is 0.766. The van der Waals surface area contributed by atoms with Crippen molar-refractivity contribution in [2.24, 2.45) is 0 Å². The number of anilines is 1. The molecule has 4 nitrogen and oxygen atoms in total. The van der Waals surface area contributed by atoms with Gasteiger partial charge in [-0.05, 0) is 48.7 Å². The molecule has 0 fully saturated rings. The van der Waals surface area contributed by atoms with Gasteiger partial charge in [0.2, 0.25) is 5.91 Å². The molecular formula is C20H18FN3O. The molecule has 126 valence electrons.